The Morgan fingerprint density at radius 1 is 1.32 bits per heavy atom. The molecular formula is C19H27N7O2. The summed E-state index contributed by atoms with van der Waals surface area (Å²) in [4.78, 5) is 21.0. The fourth-order valence-electron chi connectivity index (χ4n) is 3.12. The van der Waals surface area contributed by atoms with E-state index in [9.17, 15) is 9.90 Å². The fourth-order valence-corrected chi connectivity index (χ4v) is 3.12. The molecule has 0 radical (unpaired) electrons. The first-order chi connectivity index (χ1) is 13.5. The quantitative estimate of drug-likeness (QED) is 0.329. The Morgan fingerprint density at radius 2 is 2.11 bits per heavy atom. The number of phenolic OH excluding ortho intramolecular Hbond substituents is 1. The summed E-state index contributed by atoms with van der Waals surface area (Å²) in [5, 5.41) is 23.2. The van der Waals surface area contributed by atoms with Crippen LogP contribution in [0.1, 0.15) is 35.4 Å². The number of aromatic nitrogens is 3. The molecule has 0 bridgehead atoms. The van der Waals surface area contributed by atoms with Gasteiger partial charge in [-0.3, -0.25) is 9.79 Å². The number of benzene rings is 1. The van der Waals surface area contributed by atoms with Crippen molar-refractivity contribution >= 4 is 11.9 Å². The highest BCUT2D eigenvalue weighted by molar-refractivity contribution is 5.94. The standard InChI is InChI=1S/C19H27N7O2/c1-3-20-19(24-15-6-9-17-23-13(2)25-26(17)12-15)22-11-10-21-18(28)14-4-7-16(27)8-5-14/h4-5,7-8,15,27H,3,6,9-12H2,1-2H3,(H,21,28)(H2,20,22,24). The van der Waals surface area contributed by atoms with Crippen LogP contribution in [0.25, 0.3) is 0 Å². The predicted molar refractivity (Wildman–Crippen MR) is 106 cm³/mol. The van der Waals surface area contributed by atoms with Crippen LogP contribution in [0.4, 0.5) is 0 Å². The number of hydrogen-bond acceptors (Lipinski definition) is 5. The van der Waals surface area contributed by atoms with Gasteiger partial charge in [0.15, 0.2) is 5.96 Å². The molecule has 1 aliphatic rings. The summed E-state index contributed by atoms with van der Waals surface area (Å²) >= 11 is 0. The van der Waals surface area contributed by atoms with Crippen molar-refractivity contribution in [2.45, 2.75) is 39.3 Å². The molecule has 28 heavy (non-hydrogen) atoms. The molecule has 1 unspecified atom stereocenters. The summed E-state index contributed by atoms with van der Waals surface area (Å²) < 4.78 is 1.96. The molecule has 9 heteroatoms. The van der Waals surface area contributed by atoms with Crippen LogP contribution >= 0.6 is 0 Å². The maximum absolute atomic E-state index is 12.1. The number of nitrogens with one attached hydrogen (secondary N) is 3. The molecule has 0 aliphatic carbocycles. The van der Waals surface area contributed by atoms with E-state index in [1.165, 1.54) is 12.1 Å². The number of rotatable bonds is 6. The zero-order chi connectivity index (χ0) is 19.9. The molecule has 1 atom stereocenters. The minimum absolute atomic E-state index is 0.137. The number of carbonyl (C=O) groups is 1. The zero-order valence-corrected chi connectivity index (χ0v) is 16.3. The molecule has 1 amide bonds. The lowest BCUT2D eigenvalue weighted by atomic mass is 10.1. The molecule has 1 aromatic carbocycles. The zero-order valence-electron chi connectivity index (χ0n) is 16.3. The van der Waals surface area contributed by atoms with Gasteiger partial charge in [0.1, 0.15) is 17.4 Å². The van der Waals surface area contributed by atoms with E-state index in [4.69, 9.17) is 0 Å². The molecule has 0 saturated carbocycles. The SMILES string of the molecule is CCNC(=NCCNC(=O)c1ccc(O)cc1)NC1CCc2nc(C)nn2C1. The summed E-state index contributed by atoms with van der Waals surface area (Å²) in [6.07, 6.45) is 1.86. The molecule has 2 heterocycles. The van der Waals surface area contributed by atoms with Gasteiger partial charge in [-0.1, -0.05) is 0 Å². The third-order valence-electron chi connectivity index (χ3n) is 4.45. The van der Waals surface area contributed by atoms with Crippen LogP contribution in [-0.4, -0.2) is 57.4 Å². The van der Waals surface area contributed by atoms with Crippen LogP contribution < -0.4 is 16.0 Å². The Bertz CT molecular complexity index is 829. The topological polar surface area (TPSA) is 116 Å². The number of aryl methyl sites for hydroxylation is 2. The Kier molecular flexibility index (Phi) is 6.46. The van der Waals surface area contributed by atoms with E-state index in [0.717, 1.165) is 43.5 Å². The molecule has 2 aromatic rings. The Hall–Kier alpha value is -3.10. The molecule has 4 N–H and O–H groups in total. The first-order valence-corrected chi connectivity index (χ1v) is 9.57. The van der Waals surface area contributed by atoms with Crippen LogP contribution in [0.3, 0.4) is 0 Å². The summed E-state index contributed by atoms with van der Waals surface area (Å²) in [5.41, 5.74) is 0.507. The van der Waals surface area contributed by atoms with Crippen molar-refractivity contribution in [1.29, 1.82) is 0 Å². The normalized spacial score (nSPS) is 16.4. The minimum Gasteiger partial charge on any atom is -0.508 e. The Balaban J connectivity index is 1.49. The van der Waals surface area contributed by atoms with Gasteiger partial charge in [-0.05, 0) is 44.5 Å². The van der Waals surface area contributed by atoms with E-state index in [1.807, 2.05) is 18.5 Å². The van der Waals surface area contributed by atoms with Crippen molar-refractivity contribution in [3.63, 3.8) is 0 Å². The number of hydrogen-bond donors (Lipinski definition) is 4. The molecule has 0 spiro atoms. The first kappa shape index (κ1) is 19.7. The van der Waals surface area contributed by atoms with Crippen LogP contribution in [-0.2, 0) is 13.0 Å². The van der Waals surface area contributed by atoms with Crippen molar-refractivity contribution in [3.05, 3.63) is 41.5 Å². The van der Waals surface area contributed by atoms with Gasteiger partial charge in [-0.25, -0.2) is 9.67 Å². The van der Waals surface area contributed by atoms with E-state index in [0.29, 0.717) is 18.7 Å². The van der Waals surface area contributed by atoms with Crippen LogP contribution in [0.5, 0.6) is 5.75 Å². The van der Waals surface area contributed by atoms with E-state index in [-0.39, 0.29) is 17.7 Å². The van der Waals surface area contributed by atoms with Gasteiger partial charge in [0.05, 0.1) is 13.1 Å². The van der Waals surface area contributed by atoms with Crippen molar-refractivity contribution in [2.24, 2.45) is 4.99 Å². The summed E-state index contributed by atoms with van der Waals surface area (Å²) in [7, 11) is 0. The smallest absolute Gasteiger partial charge is 0.251 e. The number of fused-ring (bicyclic) bond motifs is 1. The maximum Gasteiger partial charge on any atom is 0.251 e. The van der Waals surface area contributed by atoms with Gasteiger partial charge in [-0.15, -0.1) is 0 Å². The molecule has 9 nitrogen and oxygen atoms in total. The summed E-state index contributed by atoms with van der Waals surface area (Å²) in [5.74, 6) is 2.52. The number of nitrogens with zero attached hydrogens (tertiary/aromatic N) is 4. The van der Waals surface area contributed by atoms with Crippen LogP contribution in [0.15, 0.2) is 29.3 Å². The number of aliphatic imine (C=N–C) groups is 1. The largest absolute Gasteiger partial charge is 0.508 e. The third kappa shape index (κ3) is 5.21. The monoisotopic (exact) mass is 385 g/mol. The summed E-state index contributed by atoms with van der Waals surface area (Å²) in [6, 6.07) is 6.39. The first-order valence-electron chi connectivity index (χ1n) is 9.57. The van der Waals surface area contributed by atoms with Gasteiger partial charge in [0.2, 0.25) is 0 Å². The molecular weight excluding hydrogens is 358 g/mol. The number of carbonyl (C=O) groups excluding carboxylic acids is 1. The second-order valence-corrected chi connectivity index (χ2v) is 6.70. The second-order valence-electron chi connectivity index (χ2n) is 6.70. The van der Waals surface area contributed by atoms with Gasteiger partial charge in [-0.2, -0.15) is 5.10 Å². The van der Waals surface area contributed by atoms with Crippen molar-refractivity contribution < 1.29 is 9.90 Å². The fraction of sp³-hybridized carbons (Fsp3) is 0.474. The molecule has 0 saturated heterocycles. The average Bonchev–Trinajstić information content (AvgIpc) is 3.05. The van der Waals surface area contributed by atoms with E-state index in [1.54, 1.807) is 12.1 Å². The third-order valence-corrected chi connectivity index (χ3v) is 4.45. The van der Waals surface area contributed by atoms with Crippen molar-refractivity contribution in [1.82, 2.24) is 30.7 Å². The molecule has 150 valence electrons. The Morgan fingerprint density at radius 3 is 2.86 bits per heavy atom. The lowest BCUT2D eigenvalue weighted by molar-refractivity contribution is 0.0955. The van der Waals surface area contributed by atoms with Crippen LogP contribution in [0, 0.1) is 6.92 Å². The number of phenols is 1. The van der Waals surface area contributed by atoms with Gasteiger partial charge < -0.3 is 21.1 Å². The lowest BCUT2D eigenvalue weighted by Crippen LogP contribution is -2.47. The summed E-state index contributed by atoms with van der Waals surface area (Å²) in [6.45, 7) is 6.33. The maximum atomic E-state index is 12.1. The van der Waals surface area contributed by atoms with Crippen molar-refractivity contribution in [3.8, 4) is 5.75 Å². The second kappa shape index (κ2) is 9.20. The van der Waals surface area contributed by atoms with Gasteiger partial charge >= 0.3 is 0 Å². The van der Waals surface area contributed by atoms with E-state index in [2.05, 4.69) is 31.0 Å². The highest BCUT2D eigenvalue weighted by atomic mass is 16.3. The lowest BCUT2D eigenvalue weighted by Gasteiger charge is -2.25. The molecule has 3 rings (SSSR count). The van der Waals surface area contributed by atoms with E-state index < -0.39 is 0 Å². The minimum atomic E-state index is -0.186. The molecule has 0 fully saturated rings. The number of aromatic hydroxyl groups is 1. The van der Waals surface area contributed by atoms with Gasteiger partial charge in [0, 0.05) is 31.1 Å². The molecule has 1 aromatic heterocycles. The predicted octanol–water partition coefficient (Wildman–Crippen LogP) is 0.592. The highest BCUT2D eigenvalue weighted by Gasteiger charge is 2.21. The molecule has 1 aliphatic heterocycles. The number of guanidine groups is 1. The van der Waals surface area contributed by atoms with Crippen molar-refractivity contribution in [2.75, 3.05) is 19.6 Å². The van der Waals surface area contributed by atoms with E-state index >= 15 is 0 Å². The van der Waals surface area contributed by atoms with Gasteiger partial charge in [0.25, 0.3) is 5.91 Å². The average molecular weight is 385 g/mol. The van der Waals surface area contributed by atoms with Crippen LogP contribution in [0.2, 0.25) is 0 Å². The number of amides is 1. The Labute approximate surface area is 164 Å². The highest BCUT2D eigenvalue weighted by Crippen LogP contribution is 2.12.